The topological polar surface area (TPSA) is 82.6 Å². The molecule has 2 aromatic rings. The van der Waals surface area contributed by atoms with Crippen LogP contribution in [0, 0.1) is 0 Å². The Morgan fingerprint density at radius 2 is 1.81 bits per heavy atom. The van der Waals surface area contributed by atoms with Crippen molar-refractivity contribution in [1.82, 2.24) is 20.1 Å². The molecule has 1 saturated carbocycles. The van der Waals surface area contributed by atoms with E-state index in [9.17, 15) is 14.4 Å². The van der Waals surface area contributed by atoms with Crippen molar-refractivity contribution in [3.05, 3.63) is 29.3 Å². The Morgan fingerprint density at radius 1 is 1.10 bits per heavy atom. The van der Waals surface area contributed by atoms with E-state index in [4.69, 9.17) is 4.98 Å². The minimum atomic E-state index is -0.784. The van der Waals surface area contributed by atoms with Gasteiger partial charge in [0.1, 0.15) is 12.1 Å². The third-order valence-corrected chi connectivity index (χ3v) is 8.20. The smallest absolute Gasteiger partial charge is 0.325 e. The molecule has 1 spiro atoms. The van der Waals surface area contributed by atoms with Gasteiger partial charge >= 0.3 is 6.03 Å². The van der Waals surface area contributed by atoms with E-state index in [1.54, 1.807) is 16.2 Å². The van der Waals surface area contributed by atoms with E-state index in [1.807, 2.05) is 18.2 Å². The summed E-state index contributed by atoms with van der Waals surface area (Å²) in [5.41, 5.74) is 0.250. The molecule has 1 aromatic carbocycles. The zero-order chi connectivity index (χ0) is 21.4. The number of imide groups is 1. The molecule has 0 bridgehead atoms. The van der Waals surface area contributed by atoms with Crippen LogP contribution in [0.2, 0.25) is 0 Å². The number of fused-ring (bicyclic) bond motifs is 1. The molecule has 8 heteroatoms. The molecule has 7 nitrogen and oxygen atoms in total. The van der Waals surface area contributed by atoms with E-state index in [1.165, 1.54) is 4.70 Å². The van der Waals surface area contributed by atoms with E-state index in [-0.39, 0.29) is 18.4 Å². The van der Waals surface area contributed by atoms with E-state index < -0.39 is 11.6 Å². The predicted octanol–water partition coefficient (Wildman–Crippen LogP) is 3.65. The normalized spacial score (nSPS) is 22.2. The van der Waals surface area contributed by atoms with Gasteiger partial charge < -0.3 is 10.2 Å². The number of benzene rings is 1. The fraction of sp³-hybridized carbons (Fsp3) is 0.565. The van der Waals surface area contributed by atoms with Crippen LogP contribution < -0.4 is 5.32 Å². The Bertz CT molecular complexity index is 970. The molecular formula is C23H28N4O3S. The first-order valence-electron chi connectivity index (χ1n) is 11.3. The summed E-state index contributed by atoms with van der Waals surface area (Å²) in [6, 6.07) is 7.74. The van der Waals surface area contributed by atoms with Gasteiger partial charge in [0.25, 0.3) is 5.91 Å². The molecule has 2 aliphatic heterocycles. The average Bonchev–Trinajstić information content (AvgIpc) is 3.20. The number of rotatable bonds is 3. The number of nitrogens with one attached hydrogen (secondary N) is 1. The van der Waals surface area contributed by atoms with E-state index in [0.717, 1.165) is 53.9 Å². The molecule has 3 aliphatic rings. The standard InChI is InChI=1S/C23H28N4O3S/c28-19(15-27-21(29)23(25-22(27)30)11-5-1-2-6-12-23)26-13-9-16(10-14-26)20-24-17-7-3-4-8-18(17)31-20/h3-4,7-8,16H,1-2,5-6,9-15H2,(H,25,30). The molecule has 3 fully saturated rings. The van der Waals surface area contributed by atoms with Crippen molar-refractivity contribution in [2.45, 2.75) is 62.8 Å². The van der Waals surface area contributed by atoms with Crippen molar-refractivity contribution in [1.29, 1.82) is 0 Å². The number of urea groups is 1. The lowest BCUT2D eigenvalue weighted by molar-refractivity contribution is -0.139. The summed E-state index contributed by atoms with van der Waals surface area (Å²) in [4.78, 5) is 46.2. The average molecular weight is 441 g/mol. The summed E-state index contributed by atoms with van der Waals surface area (Å²) in [6.07, 6.45) is 7.12. The van der Waals surface area contributed by atoms with Gasteiger partial charge in [-0.05, 0) is 37.8 Å². The molecule has 3 heterocycles. The number of likely N-dealkylation sites (tertiary alicyclic amines) is 1. The molecular weight excluding hydrogens is 412 g/mol. The number of carbonyl (C=O) groups is 3. The predicted molar refractivity (Wildman–Crippen MR) is 119 cm³/mol. The fourth-order valence-corrected chi connectivity index (χ4v) is 6.30. The number of hydrogen-bond donors (Lipinski definition) is 1. The minimum absolute atomic E-state index is 0.142. The van der Waals surface area contributed by atoms with Crippen molar-refractivity contribution < 1.29 is 14.4 Å². The number of nitrogens with zero attached hydrogens (tertiary/aromatic N) is 3. The van der Waals surface area contributed by atoms with Gasteiger partial charge in [-0.1, -0.05) is 37.8 Å². The number of aromatic nitrogens is 1. The van der Waals surface area contributed by atoms with Crippen LogP contribution in [0.4, 0.5) is 4.79 Å². The summed E-state index contributed by atoms with van der Waals surface area (Å²) >= 11 is 1.73. The zero-order valence-corrected chi connectivity index (χ0v) is 18.5. The number of piperidine rings is 1. The van der Waals surface area contributed by atoms with Gasteiger partial charge in [-0.2, -0.15) is 0 Å². The zero-order valence-electron chi connectivity index (χ0n) is 17.6. The lowest BCUT2D eigenvalue weighted by Gasteiger charge is -2.32. The lowest BCUT2D eigenvalue weighted by Crippen LogP contribution is -2.48. The highest BCUT2D eigenvalue weighted by Gasteiger charge is 2.51. The highest BCUT2D eigenvalue weighted by atomic mass is 32.1. The third kappa shape index (κ3) is 3.82. The molecule has 164 valence electrons. The molecule has 1 N–H and O–H groups in total. The largest absolute Gasteiger partial charge is 0.341 e. The molecule has 31 heavy (non-hydrogen) atoms. The van der Waals surface area contributed by atoms with Crippen molar-refractivity contribution >= 4 is 39.4 Å². The van der Waals surface area contributed by atoms with E-state index >= 15 is 0 Å². The number of amides is 4. The summed E-state index contributed by atoms with van der Waals surface area (Å²) < 4.78 is 1.20. The van der Waals surface area contributed by atoms with Gasteiger partial charge in [-0.15, -0.1) is 11.3 Å². The molecule has 2 saturated heterocycles. The van der Waals surface area contributed by atoms with Crippen LogP contribution in [0.3, 0.4) is 0 Å². The van der Waals surface area contributed by atoms with Gasteiger partial charge in [0.15, 0.2) is 0 Å². The van der Waals surface area contributed by atoms with Crippen molar-refractivity contribution in [2.75, 3.05) is 19.6 Å². The Labute approximate surface area is 185 Å². The lowest BCUT2D eigenvalue weighted by atomic mass is 9.90. The van der Waals surface area contributed by atoms with E-state index in [0.29, 0.717) is 31.8 Å². The monoisotopic (exact) mass is 440 g/mol. The summed E-state index contributed by atoms with van der Waals surface area (Å²) in [7, 11) is 0. The van der Waals surface area contributed by atoms with Gasteiger partial charge in [0.2, 0.25) is 5.91 Å². The van der Waals surface area contributed by atoms with Gasteiger partial charge in [-0.25, -0.2) is 9.78 Å². The Hall–Kier alpha value is -2.48. The Balaban J connectivity index is 1.20. The summed E-state index contributed by atoms with van der Waals surface area (Å²) in [6.45, 7) is 1.11. The first kappa shape index (κ1) is 20.4. The van der Waals surface area contributed by atoms with Crippen molar-refractivity contribution in [3.63, 3.8) is 0 Å². The fourth-order valence-electron chi connectivity index (χ4n) is 5.17. The summed E-state index contributed by atoms with van der Waals surface area (Å²) in [5, 5.41) is 4.06. The minimum Gasteiger partial charge on any atom is -0.341 e. The molecule has 0 unspecified atom stereocenters. The molecule has 1 aliphatic carbocycles. The van der Waals surface area contributed by atoms with Gasteiger partial charge in [-0.3, -0.25) is 14.5 Å². The van der Waals surface area contributed by atoms with Crippen LogP contribution in [0.15, 0.2) is 24.3 Å². The molecule has 5 rings (SSSR count). The molecule has 1 aromatic heterocycles. The maximum atomic E-state index is 13.1. The van der Waals surface area contributed by atoms with Gasteiger partial charge in [0.05, 0.1) is 15.2 Å². The van der Waals surface area contributed by atoms with Crippen LogP contribution in [0.5, 0.6) is 0 Å². The van der Waals surface area contributed by atoms with Crippen LogP contribution in [0.25, 0.3) is 10.2 Å². The molecule has 0 radical (unpaired) electrons. The van der Waals surface area contributed by atoms with Crippen LogP contribution >= 0.6 is 11.3 Å². The van der Waals surface area contributed by atoms with Crippen LogP contribution in [0.1, 0.15) is 62.3 Å². The first-order valence-corrected chi connectivity index (χ1v) is 12.1. The van der Waals surface area contributed by atoms with Crippen LogP contribution in [-0.4, -0.2) is 57.8 Å². The SMILES string of the molecule is O=C(CN1C(=O)NC2(CCCCCC2)C1=O)N1CCC(c2nc3ccccc3s2)CC1. The highest BCUT2D eigenvalue weighted by Crippen LogP contribution is 2.35. The summed E-state index contributed by atoms with van der Waals surface area (Å²) in [5.74, 6) is 0.00135. The Kier molecular flexibility index (Phi) is 5.42. The second kappa shape index (κ2) is 8.22. The second-order valence-corrected chi connectivity index (χ2v) is 10.1. The number of carbonyl (C=O) groups excluding carboxylic acids is 3. The number of thiazole rings is 1. The number of para-hydroxylation sites is 1. The van der Waals surface area contributed by atoms with Gasteiger partial charge in [0, 0.05) is 19.0 Å². The molecule has 4 amide bonds. The highest BCUT2D eigenvalue weighted by molar-refractivity contribution is 7.18. The third-order valence-electron chi connectivity index (χ3n) is 7.00. The first-order chi connectivity index (χ1) is 15.1. The van der Waals surface area contributed by atoms with Crippen molar-refractivity contribution in [2.24, 2.45) is 0 Å². The Morgan fingerprint density at radius 3 is 2.52 bits per heavy atom. The maximum Gasteiger partial charge on any atom is 0.325 e. The second-order valence-electron chi connectivity index (χ2n) is 8.99. The number of hydrogen-bond acceptors (Lipinski definition) is 5. The quantitative estimate of drug-likeness (QED) is 0.739. The van der Waals surface area contributed by atoms with Crippen molar-refractivity contribution in [3.8, 4) is 0 Å². The van der Waals surface area contributed by atoms with Crippen LogP contribution in [-0.2, 0) is 9.59 Å². The maximum absolute atomic E-state index is 13.1. The van der Waals surface area contributed by atoms with E-state index in [2.05, 4.69) is 11.4 Å². The molecule has 0 atom stereocenters.